The number of amides is 2. The third-order valence-corrected chi connectivity index (χ3v) is 4.91. The Hall–Kier alpha value is -2.81. The molecule has 0 N–H and O–H groups in total. The molecule has 1 aliphatic rings. The molecule has 2 aromatic carbocycles. The number of carbonyl (C=O) groups is 2. The lowest BCUT2D eigenvalue weighted by molar-refractivity contribution is -0.274. The summed E-state index contributed by atoms with van der Waals surface area (Å²) in [6.45, 7) is 1.19. The lowest BCUT2D eigenvalue weighted by Gasteiger charge is -2.35. The molecule has 10 heteroatoms. The van der Waals surface area contributed by atoms with Crippen molar-refractivity contribution in [3.05, 3.63) is 64.4 Å². The van der Waals surface area contributed by atoms with Crippen LogP contribution in [0.4, 0.5) is 17.6 Å². The fraction of sp³-hybridized carbons (Fsp3) is 0.300. The Bertz CT molecular complexity index is 927. The van der Waals surface area contributed by atoms with Gasteiger partial charge in [0.25, 0.3) is 5.91 Å². The van der Waals surface area contributed by atoms with Crippen LogP contribution in [0.15, 0.2) is 42.5 Å². The standard InChI is InChI=1S/C20H17ClF4N2O3/c21-17-12-14(22)3-6-16(17)19(29)27-9-7-26(8-10-27)18(28)11-13-1-4-15(5-2-13)30-20(23,24)25/h1-6,12H,7-11H2. The van der Waals surface area contributed by atoms with E-state index in [4.69, 9.17) is 11.6 Å². The Balaban J connectivity index is 1.53. The van der Waals surface area contributed by atoms with Gasteiger partial charge in [0.1, 0.15) is 11.6 Å². The lowest BCUT2D eigenvalue weighted by Crippen LogP contribution is -2.51. The molecule has 2 amide bonds. The van der Waals surface area contributed by atoms with E-state index in [1.807, 2.05) is 0 Å². The molecule has 0 aliphatic carbocycles. The van der Waals surface area contributed by atoms with E-state index in [0.29, 0.717) is 18.7 Å². The number of ether oxygens (including phenoxy) is 1. The molecule has 0 spiro atoms. The van der Waals surface area contributed by atoms with E-state index in [1.54, 1.807) is 4.90 Å². The first-order chi connectivity index (χ1) is 14.1. The van der Waals surface area contributed by atoms with Gasteiger partial charge in [-0.1, -0.05) is 23.7 Å². The number of hydrogen-bond acceptors (Lipinski definition) is 3. The van der Waals surface area contributed by atoms with Crippen LogP contribution in [-0.2, 0) is 11.2 Å². The molecule has 0 saturated carbocycles. The number of carbonyl (C=O) groups excluding carboxylic acids is 2. The van der Waals surface area contributed by atoms with Crippen LogP contribution in [0.2, 0.25) is 5.02 Å². The summed E-state index contributed by atoms with van der Waals surface area (Å²) < 4.78 is 53.5. The van der Waals surface area contributed by atoms with E-state index in [1.165, 1.54) is 23.1 Å². The van der Waals surface area contributed by atoms with Crippen molar-refractivity contribution in [2.24, 2.45) is 0 Å². The molecule has 0 radical (unpaired) electrons. The van der Waals surface area contributed by atoms with Crippen molar-refractivity contribution in [3.63, 3.8) is 0 Å². The normalized spacial score (nSPS) is 14.6. The quantitative estimate of drug-likeness (QED) is 0.672. The van der Waals surface area contributed by atoms with Crippen LogP contribution in [0.3, 0.4) is 0 Å². The molecule has 1 aliphatic heterocycles. The van der Waals surface area contributed by atoms with Gasteiger partial charge in [0, 0.05) is 26.2 Å². The number of halogens is 5. The fourth-order valence-corrected chi connectivity index (χ4v) is 3.34. The van der Waals surface area contributed by atoms with Gasteiger partial charge in [0.05, 0.1) is 17.0 Å². The van der Waals surface area contributed by atoms with E-state index in [-0.39, 0.29) is 47.7 Å². The first-order valence-electron chi connectivity index (χ1n) is 8.99. The van der Waals surface area contributed by atoms with E-state index in [9.17, 15) is 27.2 Å². The fourth-order valence-electron chi connectivity index (χ4n) is 3.09. The minimum atomic E-state index is -4.77. The number of hydrogen-bond donors (Lipinski definition) is 0. The minimum Gasteiger partial charge on any atom is -0.406 e. The van der Waals surface area contributed by atoms with Crippen LogP contribution in [0, 0.1) is 5.82 Å². The van der Waals surface area contributed by atoms with Crippen LogP contribution < -0.4 is 4.74 Å². The molecule has 160 valence electrons. The van der Waals surface area contributed by atoms with Crippen molar-refractivity contribution < 1.29 is 31.9 Å². The highest BCUT2D eigenvalue weighted by molar-refractivity contribution is 6.33. The third kappa shape index (κ3) is 5.63. The summed E-state index contributed by atoms with van der Waals surface area (Å²) in [4.78, 5) is 28.1. The molecular weight excluding hydrogens is 428 g/mol. The topological polar surface area (TPSA) is 49.9 Å². The van der Waals surface area contributed by atoms with Crippen molar-refractivity contribution in [1.82, 2.24) is 9.80 Å². The molecule has 2 aromatic rings. The Kier molecular flexibility index (Phi) is 6.50. The van der Waals surface area contributed by atoms with Crippen LogP contribution >= 0.6 is 11.6 Å². The maximum absolute atomic E-state index is 13.2. The summed E-state index contributed by atoms with van der Waals surface area (Å²) in [7, 11) is 0. The van der Waals surface area contributed by atoms with E-state index < -0.39 is 12.2 Å². The van der Waals surface area contributed by atoms with Gasteiger partial charge < -0.3 is 14.5 Å². The van der Waals surface area contributed by atoms with Crippen LogP contribution in [0.1, 0.15) is 15.9 Å². The highest BCUT2D eigenvalue weighted by Gasteiger charge is 2.31. The average molecular weight is 445 g/mol. The number of rotatable bonds is 4. The SMILES string of the molecule is O=C(Cc1ccc(OC(F)(F)F)cc1)N1CCN(C(=O)c2ccc(F)cc2Cl)CC1. The molecule has 1 fully saturated rings. The number of piperazine rings is 1. The molecule has 3 rings (SSSR count). The molecule has 5 nitrogen and oxygen atoms in total. The van der Waals surface area contributed by atoms with Crippen molar-refractivity contribution in [2.75, 3.05) is 26.2 Å². The summed E-state index contributed by atoms with van der Waals surface area (Å²) in [5.74, 6) is -1.44. The van der Waals surface area contributed by atoms with Gasteiger partial charge in [-0.15, -0.1) is 13.2 Å². The first-order valence-corrected chi connectivity index (χ1v) is 9.37. The molecule has 1 saturated heterocycles. The Morgan fingerprint density at radius 2 is 1.57 bits per heavy atom. The summed E-state index contributed by atoms with van der Waals surface area (Å²) >= 11 is 5.94. The zero-order valence-corrected chi connectivity index (χ0v) is 16.3. The van der Waals surface area contributed by atoms with Crippen molar-refractivity contribution in [2.45, 2.75) is 12.8 Å². The largest absolute Gasteiger partial charge is 0.573 e. The lowest BCUT2D eigenvalue weighted by atomic mass is 10.1. The molecule has 0 atom stereocenters. The molecule has 0 aromatic heterocycles. The van der Waals surface area contributed by atoms with E-state index in [2.05, 4.69) is 4.74 Å². The van der Waals surface area contributed by atoms with Crippen LogP contribution in [-0.4, -0.2) is 54.2 Å². The number of nitrogens with zero attached hydrogens (tertiary/aromatic N) is 2. The van der Waals surface area contributed by atoms with E-state index in [0.717, 1.165) is 24.3 Å². The Morgan fingerprint density at radius 3 is 2.13 bits per heavy atom. The maximum Gasteiger partial charge on any atom is 0.573 e. The molecule has 0 bridgehead atoms. The molecule has 0 unspecified atom stereocenters. The number of alkyl halides is 3. The molecular formula is C20H17ClF4N2O3. The zero-order chi connectivity index (χ0) is 21.9. The molecule has 1 heterocycles. The first kappa shape index (κ1) is 21.9. The Morgan fingerprint density at radius 1 is 0.967 bits per heavy atom. The van der Waals surface area contributed by atoms with Gasteiger partial charge in [-0.3, -0.25) is 9.59 Å². The highest BCUT2D eigenvalue weighted by atomic mass is 35.5. The summed E-state index contributed by atoms with van der Waals surface area (Å²) in [6.07, 6.45) is -4.75. The predicted octanol–water partition coefficient (Wildman–Crippen LogP) is 3.90. The summed E-state index contributed by atoms with van der Waals surface area (Å²) in [6, 6.07) is 8.65. The van der Waals surface area contributed by atoms with Crippen molar-refractivity contribution in [3.8, 4) is 5.75 Å². The minimum absolute atomic E-state index is 0.0179. The summed E-state index contributed by atoms with van der Waals surface area (Å²) in [5, 5.41) is 0.0245. The summed E-state index contributed by atoms with van der Waals surface area (Å²) in [5.41, 5.74) is 0.741. The number of benzene rings is 2. The monoisotopic (exact) mass is 444 g/mol. The van der Waals surface area contributed by atoms with Gasteiger partial charge >= 0.3 is 6.36 Å². The van der Waals surface area contributed by atoms with Gasteiger partial charge in [0.15, 0.2) is 0 Å². The van der Waals surface area contributed by atoms with Gasteiger partial charge in [0.2, 0.25) is 5.91 Å². The smallest absolute Gasteiger partial charge is 0.406 e. The maximum atomic E-state index is 13.2. The van der Waals surface area contributed by atoms with Gasteiger partial charge in [-0.05, 0) is 35.9 Å². The zero-order valence-electron chi connectivity index (χ0n) is 15.6. The second-order valence-corrected chi connectivity index (χ2v) is 7.07. The predicted molar refractivity (Wildman–Crippen MR) is 101 cm³/mol. The second-order valence-electron chi connectivity index (χ2n) is 6.67. The van der Waals surface area contributed by atoms with Crippen molar-refractivity contribution in [1.29, 1.82) is 0 Å². The van der Waals surface area contributed by atoms with Crippen LogP contribution in [0.5, 0.6) is 5.75 Å². The van der Waals surface area contributed by atoms with Gasteiger partial charge in [-0.25, -0.2) is 4.39 Å². The van der Waals surface area contributed by atoms with E-state index >= 15 is 0 Å². The second kappa shape index (κ2) is 8.91. The molecule has 30 heavy (non-hydrogen) atoms. The van der Waals surface area contributed by atoms with Crippen molar-refractivity contribution >= 4 is 23.4 Å². The third-order valence-electron chi connectivity index (χ3n) is 4.59. The Labute approximate surface area is 174 Å². The highest BCUT2D eigenvalue weighted by Crippen LogP contribution is 2.23. The average Bonchev–Trinajstić information content (AvgIpc) is 2.68. The van der Waals surface area contributed by atoms with Crippen LogP contribution in [0.25, 0.3) is 0 Å². The van der Waals surface area contributed by atoms with Gasteiger partial charge in [-0.2, -0.15) is 0 Å².